The van der Waals surface area contributed by atoms with E-state index < -0.39 is 17.7 Å². The first-order valence-electron chi connectivity index (χ1n) is 13.1. The number of benzene rings is 2. The second-order valence-electron chi connectivity index (χ2n) is 10.9. The van der Waals surface area contributed by atoms with Crippen molar-refractivity contribution in [1.29, 1.82) is 0 Å². The molecule has 2 aromatic carbocycles. The molecule has 3 aromatic heterocycles. The molecule has 41 heavy (non-hydrogen) atoms. The van der Waals surface area contributed by atoms with Gasteiger partial charge in [-0.15, -0.1) is 0 Å². The first-order valence-corrected chi connectivity index (χ1v) is 13.5. The predicted octanol–water partition coefficient (Wildman–Crippen LogP) is 3.95. The molecule has 10 nitrogen and oxygen atoms in total. The molecule has 1 aliphatic rings. The summed E-state index contributed by atoms with van der Waals surface area (Å²) in [6.45, 7) is 9.08. The highest BCUT2D eigenvalue weighted by atomic mass is 35.5. The van der Waals surface area contributed by atoms with Gasteiger partial charge in [0, 0.05) is 24.2 Å². The maximum absolute atomic E-state index is 15.2. The van der Waals surface area contributed by atoms with Gasteiger partial charge in [-0.05, 0) is 51.5 Å². The standard InChI is InChI=1S/C28H28ClF2N9O/c1-14-8-9-16(22(31)21(14)30)23-20-24(32)33-13-34-26(20)39(37-23)15(2)25-36-18-7-5-6-17(29)19(18)27(41)40(25)38-11-10-35-28(3,4)12-38/h5-9,13,15,35H,10-12H2,1-4H3,(H2,32,33,34). The van der Waals surface area contributed by atoms with Crippen molar-refractivity contribution < 1.29 is 8.78 Å². The number of hydrogen-bond acceptors (Lipinski definition) is 8. The summed E-state index contributed by atoms with van der Waals surface area (Å²) in [7, 11) is 0. The van der Waals surface area contributed by atoms with Crippen LogP contribution in [0.1, 0.15) is 38.2 Å². The lowest BCUT2D eigenvalue weighted by Crippen LogP contribution is -2.62. The second-order valence-corrected chi connectivity index (χ2v) is 11.3. The van der Waals surface area contributed by atoms with Crippen molar-refractivity contribution in [1.82, 2.24) is 34.7 Å². The lowest BCUT2D eigenvalue weighted by molar-refractivity contribution is 0.306. The Bertz CT molecular complexity index is 1900. The molecular weight excluding hydrogens is 552 g/mol. The van der Waals surface area contributed by atoms with Gasteiger partial charge in [0.25, 0.3) is 5.56 Å². The van der Waals surface area contributed by atoms with Crippen LogP contribution in [0.4, 0.5) is 14.6 Å². The molecule has 1 saturated heterocycles. The number of aromatic nitrogens is 6. The third kappa shape index (κ3) is 4.38. The van der Waals surface area contributed by atoms with Gasteiger partial charge in [0.2, 0.25) is 0 Å². The Kier molecular flexibility index (Phi) is 6.42. The first kappa shape index (κ1) is 27.0. The summed E-state index contributed by atoms with van der Waals surface area (Å²) in [5.41, 5.74) is 6.51. The monoisotopic (exact) mass is 579 g/mol. The van der Waals surface area contributed by atoms with Gasteiger partial charge in [-0.25, -0.2) is 33.1 Å². The molecular formula is C28H28ClF2N9O. The lowest BCUT2D eigenvalue weighted by atomic mass is 10.0. The van der Waals surface area contributed by atoms with E-state index in [-0.39, 0.29) is 44.8 Å². The molecule has 1 unspecified atom stereocenters. The number of nitrogens with one attached hydrogen (secondary N) is 1. The number of nitrogen functional groups attached to an aromatic ring is 1. The molecule has 0 spiro atoms. The molecule has 13 heteroatoms. The Labute approximate surface area is 238 Å². The van der Waals surface area contributed by atoms with Gasteiger partial charge in [0.15, 0.2) is 23.1 Å². The Morgan fingerprint density at radius 1 is 1.12 bits per heavy atom. The first-order chi connectivity index (χ1) is 19.5. The number of nitrogens with two attached hydrogens (primary N) is 1. The van der Waals surface area contributed by atoms with Crippen molar-refractivity contribution in [2.45, 2.75) is 39.3 Å². The second kappa shape index (κ2) is 9.74. The van der Waals surface area contributed by atoms with Gasteiger partial charge >= 0.3 is 0 Å². The predicted molar refractivity (Wildman–Crippen MR) is 155 cm³/mol. The van der Waals surface area contributed by atoms with Crippen molar-refractivity contribution in [2.24, 2.45) is 0 Å². The van der Waals surface area contributed by atoms with E-state index in [0.29, 0.717) is 41.4 Å². The molecule has 3 N–H and O–H groups in total. The van der Waals surface area contributed by atoms with Crippen LogP contribution in [0.3, 0.4) is 0 Å². The Morgan fingerprint density at radius 3 is 2.66 bits per heavy atom. The van der Waals surface area contributed by atoms with Crippen LogP contribution in [-0.4, -0.2) is 54.6 Å². The SMILES string of the molecule is Cc1ccc(-c2nn(C(C)c3nc4cccc(Cl)c4c(=O)n3N3CCNC(C)(C)C3)c3ncnc(N)c23)c(F)c1F. The molecule has 1 fully saturated rings. The molecule has 212 valence electrons. The fraction of sp³-hybridized carbons (Fsp3) is 0.321. The normalized spacial score (nSPS) is 16.0. The maximum atomic E-state index is 15.2. The Morgan fingerprint density at radius 2 is 1.90 bits per heavy atom. The minimum atomic E-state index is -1.05. The third-order valence-corrected chi connectivity index (χ3v) is 7.79. The average Bonchev–Trinajstić information content (AvgIpc) is 3.31. The van der Waals surface area contributed by atoms with Crippen molar-refractivity contribution in [3.8, 4) is 11.3 Å². The van der Waals surface area contributed by atoms with E-state index in [0.717, 1.165) is 0 Å². The number of nitrogens with zero attached hydrogens (tertiary/aromatic N) is 7. The summed E-state index contributed by atoms with van der Waals surface area (Å²) in [6, 6.07) is 7.33. The fourth-order valence-electron chi connectivity index (χ4n) is 5.42. The zero-order chi connectivity index (χ0) is 29.2. The minimum Gasteiger partial charge on any atom is -0.383 e. The topological polar surface area (TPSA) is 120 Å². The maximum Gasteiger partial charge on any atom is 0.281 e. The molecule has 1 aliphatic heterocycles. The van der Waals surface area contributed by atoms with Crippen molar-refractivity contribution >= 4 is 39.4 Å². The molecule has 6 rings (SSSR count). The number of halogens is 3. The Hall–Kier alpha value is -4.16. The van der Waals surface area contributed by atoms with E-state index in [1.54, 1.807) is 22.9 Å². The van der Waals surface area contributed by atoms with Gasteiger partial charge in [-0.3, -0.25) is 4.79 Å². The van der Waals surface area contributed by atoms with Gasteiger partial charge in [-0.2, -0.15) is 5.10 Å². The van der Waals surface area contributed by atoms with Crippen LogP contribution in [0.25, 0.3) is 33.2 Å². The van der Waals surface area contributed by atoms with Gasteiger partial charge in [0.05, 0.1) is 27.9 Å². The highest BCUT2D eigenvalue weighted by Gasteiger charge is 2.32. The summed E-state index contributed by atoms with van der Waals surface area (Å²) in [4.78, 5) is 27.5. The zero-order valence-electron chi connectivity index (χ0n) is 22.9. The molecule has 5 aromatic rings. The summed E-state index contributed by atoms with van der Waals surface area (Å²) >= 11 is 6.48. The Balaban J connectivity index is 1.62. The van der Waals surface area contributed by atoms with E-state index in [4.69, 9.17) is 22.3 Å². The fourth-order valence-corrected chi connectivity index (χ4v) is 5.67. The molecule has 0 saturated carbocycles. The molecule has 0 radical (unpaired) electrons. The number of hydrogen-bond donors (Lipinski definition) is 2. The molecule has 0 bridgehead atoms. The quantitative estimate of drug-likeness (QED) is 0.328. The van der Waals surface area contributed by atoms with Crippen LogP contribution in [0.2, 0.25) is 5.02 Å². The van der Waals surface area contributed by atoms with Crippen molar-refractivity contribution in [2.75, 3.05) is 30.4 Å². The van der Waals surface area contributed by atoms with E-state index in [9.17, 15) is 9.18 Å². The number of aryl methyl sites for hydroxylation is 1. The van der Waals surface area contributed by atoms with Crippen LogP contribution >= 0.6 is 11.6 Å². The van der Waals surface area contributed by atoms with Crippen LogP contribution < -0.4 is 21.6 Å². The summed E-state index contributed by atoms with van der Waals surface area (Å²) in [5, 5.41) is 10.9. The van der Waals surface area contributed by atoms with Gasteiger partial charge < -0.3 is 16.1 Å². The van der Waals surface area contributed by atoms with Crippen molar-refractivity contribution in [3.05, 3.63) is 75.1 Å². The number of piperazine rings is 1. The van der Waals surface area contributed by atoms with Crippen LogP contribution in [0, 0.1) is 18.6 Å². The van der Waals surface area contributed by atoms with E-state index in [2.05, 4.69) is 34.2 Å². The minimum absolute atomic E-state index is 0.0586. The van der Waals surface area contributed by atoms with E-state index in [1.165, 1.54) is 30.1 Å². The highest BCUT2D eigenvalue weighted by Crippen LogP contribution is 2.35. The molecule has 0 amide bonds. The number of fused-ring (bicyclic) bond motifs is 2. The molecule has 0 aliphatic carbocycles. The third-order valence-electron chi connectivity index (χ3n) is 7.47. The van der Waals surface area contributed by atoms with Crippen molar-refractivity contribution in [3.63, 3.8) is 0 Å². The largest absolute Gasteiger partial charge is 0.383 e. The summed E-state index contributed by atoms with van der Waals surface area (Å²) in [6.07, 6.45) is 1.28. The molecule has 1 atom stereocenters. The van der Waals surface area contributed by atoms with E-state index in [1.807, 2.05) is 11.9 Å². The van der Waals surface area contributed by atoms with Gasteiger partial charge in [0.1, 0.15) is 23.9 Å². The average molecular weight is 580 g/mol. The number of rotatable bonds is 4. The van der Waals surface area contributed by atoms with Crippen LogP contribution in [0.5, 0.6) is 0 Å². The summed E-state index contributed by atoms with van der Waals surface area (Å²) in [5.74, 6) is -1.60. The molecule has 4 heterocycles. The van der Waals surface area contributed by atoms with Gasteiger partial charge in [-0.1, -0.05) is 23.7 Å². The van der Waals surface area contributed by atoms with Crippen LogP contribution in [0.15, 0.2) is 41.5 Å². The zero-order valence-corrected chi connectivity index (χ0v) is 23.7. The smallest absolute Gasteiger partial charge is 0.281 e. The summed E-state index contributed by atoms with van der Waals surface area (Å²) < 4.78 is 32.9. The number of anilines is 1. The van der Waals surface area contributed by atoms with E-state index >= 15 is 4.39 Å². The highest BCUT2D eigenvalue weighted by molar-refractivity contribution is 6.35. The van der Waals surface area contributed by atoms with Crippen LogP contribution in [-0.2, 0) is 0 Å². The lowest BCUT2D eigenvalue weighted by Gasteiger charge is -2.41.